The molecule has 0 bridgehead atoms. The maximum Gasteiger partial charge on any atom is 0.290 e. The fraction of sp³-hybridized carbons (Fsp3) is 0.273. The first-order valence-corrected chi connectivity index (χ1v) is 9.21. The lowest BCUT2D eigenvalue weighted by Gasteiger charge is -2.35. The Kier molecular flexibility index (Phi) is 4.92. The van der Waals surface area contributed by atoms with Gasteiger partial charge in [-0.3, -0.25) is 9.78 Å². The van der Waals surface area contributed by atoms with E-state index in [0.717, 1.165) is 42.7 Å². The maximum absolute atomic E-state index is 13.1. The molecule has 4 rings (SSSR count). The van der Waals surface area contributed by atoms with Crippen molar-refractivity contribution in [2.24, 2.45) is 0 Å². The minimum atomic E-state index is -0.0664. The summed E-state index contributed by atoms with van der Waals surface area (Å²) < 4.78 is 11.1. The maximum atomic E-state index is 13.1. The summed E-state index contributed by atoms with van der Waals surface area (Å²) in [6.45, 7) is 0.733. The molecule has 1 aliphatic heterocycles. The first kappa shape index (κ1) is 17.3. The molecule has 2 aromatic heterocycles. The van der Waals surface area contributed by atoms with E-state index in [-0.39, 0.29) is 11.9 Å². The van der Waals surface area contributed by atoms with Crippen molar-refractivity contribution >= 4 is 5.91 Å². The molecule has 1 saturated heterocycles. The van der Waals surface area contributed by atoms with Crippen LogP contribution in [0.4, 0.5) is 0 Å². The van der Waals surface area contributed by atoms with Crippen LogP contribution in [0.25, 0.3) is 11.3 Å². The number of benzene rings is 1. The monoisotopic (exact) mass is 362 g/mol. The number of rotatable bonds is 4. The van der Waals surface area contributed by atoms with Gasteiger partial charge in [-0.15, -0.1) is 0 Å². The van der Waals surface area contributed by atoms with E-state index in [9.17, 15) is 4.79 Å². The van der Waals surface area contributed by atoms with Crippen LogP contribution in [-0.4, -0.2) is 29.4 Å². The first-order valence-electron chi connectivity index (χ1n) is 9.21. The van der Waals surface area contributed by atoms with Gasteiger partial charge in [0.2, 0.25) is 0 Å². The van der Waals surface area contributed by atoms with E-state index in [4.69, 9.17) is 9.15 Å². The predicted molar refractivity (Wildman–Crippen MR) is 103 cm³/mol. The number of carbonyl (C=O) groups is 1. The highest BCUT2D eigenvalue weighted by atomic mass is 16.5. The van der Waals surface area contributed by atoms with Crippen molar-refractivity contribution in [3.63, 3.8) is 0 Å². The molecule has 0 N–H and O–H groups in total. The third kappa shape index (κ3) is 3.58. The van der Waals surface area contributed by atoms with E-state index < -0.39 is 0 Å². The summed E-state index contributed by atoms with van der Waals surface area (Å²) in [5.74, 6) is 1.77. The minimum absolute atomic E-state index is 0.0505. The molecule has 1 fully saturated rings. The molecule has 0 saturated carbocycles. The number of nitrogens with zero attached hydrogens (tertiary/aromatic N) is 2. The molecule has 1 amide bonds. The number of piperidine rings is 1. The number of carbonyl (C=O) groups excluding carboxylic acids is 1. The zero-order chi connectivity index (χ0) is 18.6. The SMILES string of the molecule is COc1ccc(-c2ccc(C(=O)N3CCCCC3c3cccnc3)o2)cc1. The van der Waals surface area contributed by atoms with E-state index in [2.05, 4.69) is 4.98 Å². The molecule has 0 radical (unpaired) electrons. The number of methoxy groups -OCH3 is 1. The van der Waals surface area contributed by atoms with Crippen molar-refractivity contribution in [3.8, 4) is 17.1 Å². The lowest BCUT2D eigenvalue weighted by molar-refractivity contribution is 0.0579. The molecule has 138 valence electrons. The largest absolute Gasteiger partial charge is 0.497 e. The molecule has 3 heterocycles. The topological polar surface area (TPSA) is 55.6 Å². The molecule has 1 unspecified atom stereocenters. The zero-order valence-electron chi connectivity index (χ0n) is 15.3. The summed E-state index contributed by atoms with van der Waals surface area (Å²) in [6.07, 6.45) is 6.67. The molecule has 1 atom stereocenters. The summed E-state index contributed by atoms with van der Waals surface area (Å²) in [5, 5.41) is 0. The number of hydrogen-bond acceptors (Lipinski definition) is 4. The van der Waals surface area contributed by atoms with Crippen molar-refractivity contribution in [1.29, 1.82) is 0 Å². The Balaban J connectivity index is 1.57. The van der Waals surface area contributed by atoms with Gasteiger partial charge in [0.15, 0.2) is 5.76 Å². The third-order valence-corrected chi connectivity index (χ3v) is 5.02. The van der Waals surface area contributed by atoms with E-state index in [1.54, 1.807) is 19.4 Å². The Morgan fingerprint density at radius 1 is 1.15 bits per heavy atom. The first-order chi connectivity index (χ1) is 13.3. The molecule has 5 heteroatoms. The van der Waals surface area contributed by atoms with E-state index in [1.807, 2.05) is 53.6 Å². The number of furan rings is 1. The van der Waals surface area contributed by atoms with Gasteiger partial charge in [0.25, 0.3) is 5.91 Å². The van der Waals surface area contributed by atoms with Crippen molar-refractivity contribution in [3.05, 3.63) is 72.2 Å². The van der Waals surface area contributed by atoms with Gasteiger partial charge in [0, 0.05) is 24.5 Å². The van der Waals surface area contributed by atoms with Crippen molar-refractivity contribution in [2.75, 3.05) is 13.7 Å². The van der Waals surface area contributed by atoms with Gasteiger partial charge < -0.3 is 14.1 Å². The molecule has 1 aromatic carbocycles. The van der Waals surface area contributed by atoms with Crippen LogP contribution in [0.15, 0.2) is 65.3 Å². The standard InChI is InChI=1S/C22H22N2O3/c1-26-18-9-7-16(8-10-18)20-11-12-21(27-20)22(25)24-14-3-2-6-19(24)17-5-4-13-23-15-17/h4-5,7-13,15,19H,2-3,6,14H2,1H3. The van der Waals surface area contributed by atoms with Crippen LogP contribution in [0.2, 0.25) is 0 Å². The highest BCUT2D eigenvalue weighted by Gasteiger charge is 2.30. The Morgan fingerprint density at radius 3 is 2.74 bits per heavy atom. The average Bonchev–Trinajstić information content (AvgIpc) is 3.24. The van der Waals surface area contributed by atoms with Gasteiger partial charge in [-0.05, 0) is 67.3 Å². The normalized spacial score (nSPS) is 16.9. The highest BCUT2D eigenvalue weighted by molar-refractivity contribution is 5.92. The van der Waals surface area contributed by atoms with Crippen molar-refractivity contribution in [2.45, 2.75) is 25.3 Å². The second kappa shape index (κ2) is 7.66. The molecule has 5 nitrogen and oxygen atoms in total. The number of likely N-dealkylation sites (tertiary alicyclic amines) is 1. The van der Waals surface area contributed by atoms with Crippen LogP contribution < -0.4 is 4.74 Å². The number of pyridine rings is 1. The Bertz CT molecular complexity index is 903. The zero-order valence-corrected chi connectivity index (χ0v) is 15.3. The smallest absolute Gasteiger partial charge is 0.290 e. The van der Waals surface area contributed by atoms with E-state index in [0.29, 0.717) is 11.5 Å². The fourth-order valence-electron chi connectivity index (χ4n) is 3.60. The highest BCUT2D eigenvalue weighted by Crippen LogP contribution is 2.33. The molecule has 1 aliphatic rings. The molecule has 0 aliphatic carbocycles. The second-order valence-corrected chi connectivity index (χ2v) is 6.69. The van der Waals surface area contributed by atoms with Crippen LogP contribution >= 0.6 is 0 Å². The summed E-state index contributed by atoms with van der Waals surface area (Å²) >= 11 is 0. The summed E-state index contributed by atoms with van der Waals surface area (Å²) in [4.78, 5) is 19.2. The molecular formula is C22H22N2O3. The number of amides is 1. The number of aromatic nitrogens is 1. The van der Waals surface area contributed by atoms with Gasteiger partial charge >= 0.3 is 0 Å². The average molecular weight is 362 g/mol. The molecule has 0 spiro atoms. The number of ether oxygens (including phenoxy) is 1. The lowest BCUT2D eigenvalue weighted by atomic mass is 9.96. The Hall–Kier alpha value is -3.08. The summed E-state index contributed by atoms with van der Waals surface area (Å²) in [5.41, 5.74) is 1.99. The van der Waals surface area contributed by atoms with Gasteiger partial charge in [-0.1, -0.05) is 6.07 Å². The van der Waals surface area contributed by atoms with Crippen LogP contribution in [0, 0.1) is 0 Å². The lowest BCUT2D eigenvalue weighted by Crippen LogP contribution is -2.38. The van der Waals surface area contributed by atoms with Gasteiger partial charge in [0.1, 0.15) is 11.5 Å². The van der Waals surface area contributed by atoms with E-state index >= 15 is 0 Å². The van der Waals surface area contributed by atoms with Gasteiger partial charge in [0.05, 0.1) is 13.2 Å². The number of hydrogen-bond donors (Lipinski definition) is 0. The van der Waals surface area contributed by atoms with Crippen LogP contribution in [-0.2, 0) is 0 Å². The predicted octanol–water partition coefficient (Wildman–Crippen LogP) is 4.72. The summed E-state index contributed by atoms with van der Waals surface area (Å²) in [7, 11) is 1.63. The van der Waals surface area contributed by atoms with Crippen LogP contribution in [0.5, 0.6) is 5.75 Å². The van der Waals surface area contributed by atoms with Crippen LogP contribution in [0.1, 0.15) is 41.4 Å². The van der Waals surface area contributed by atoms with E-state index in [1.165, 1.54) is 0 Å². The third-order valence-electron chi connectivity index (χ3n) is 5.02. The van der Waals surface area contributed by atoms with Crippen LogP contribution in [0.3, 0.4) is 0 Å². The Morgan fingerprint density at radius 2 is 2.00 bits per heavy atom. The molecule has 27 heavy (non-hydrogen) atoms. The van der Waals surface area contributed by atoms with Gasteiger partial charge in [-0.25, -0.2) is 0 Å². The van der Waals surface area contributed by atoms with Gasteiger partial charge in [-0.2, -0.15) is 0 Å². The molecular weight excluding hydrogens is 340 g/mol. The quantitative estimate of drug-likeness (QED) is 0.674. The summed E-state index contributed by atoms with van der Waals surface area (Å²) in [6, 6.07) is 15.2. The fourth-order valence-corrected chi connectivity index (χ4v) is 3.60. The van der Waals surface area contributed by atoms with Crippen molar-refractivity contribution in [1.82, 2.24) is 9.88 Å². The second-order valence-electron chi connectivity index (χ2n) is 6.69. The Labute approximate surface area is 158 Å². The molecule has 3 aromatic rings. The van der Waals surface area contributed by atoms with Crippen molar-refractivity contribution < 1.29 is 13.9 Å². The minimum Gasteiger partial charge on any atom is -0.497 e.